The summed E-state index contributed by atoms with van der Waals surface area (Å²) in [7, 11) is 0. The second-order valence-electron chi connectivity index (χ2n) is 8.77. The van der Waals surface area contributed by atoms with Crippen molar-refractivity contribution < 1.29 is 9.32 Å². The molecule has 1 amide bonds. The van der Waals surface area contributed by atoms with E-state index in [-0.39, 0.29) is 17.0 Å². The molecule has 1 aliphatic carbocycles. The van der Waals surface area contributed by atoms with Gasteiger partial charge in [0.15, 0.2) is 22.4 Å². The van der Waals surface area contributed by atoms with E-state index in [9.17, 15) is 4.79 Å². The Hall–Kier alpha value is -4.19. The number of pyridine rings is 1. The quantitative estimate of drug-likeness (QED) is 0.308. The zero-order chi connectivity index (χ0) is 24.0. The molecule has 1 saturated carbocycles. The zero-order valence-electron chi connectivity index (χ0n) is 18.9. The van der Waals surface area contributed by atoms with E-state index in [2.05, 4.69) is 47.6 Å². The lowest BCUT2D eigenvalue weighted by atomic mass is 10.1. The summed E-state index contributed by atoms with van der Waals surface area (Å²) in [5.74, 6) is 1.16. The highest BCUT2D eigenvalue weighted by atomic mass is 32.1. The molecule has 0 saturated heterocycles. The first kappa shape index (κ1) is 21.4. The second kappa shape index (κ2) is 8.24. The van der Waals surface area contributed by atoms with Gasteiger partial charge in [-0.25, -0.2) is 24.9 Å². The minimum atomic E-state index is -0.446. The van der Waals surface area contributed by atoms with Crippen LogP contribution in [-0.2, 0) is 5.41 Å². The molecule has 5 heterocycles. The van der Waals surface area contributed by atoms with Crippen LogP contribution in [0.5, 0.6) is 0 Å². The van der Waals surface area contributed by atoms with Crippen molar-refractivity contribution in [2.75, 3.05) is 5.32 Å². The predicted molar refractivity (Wildman–Crippen MR) is 129 cm³/mol. The number of fused-ring (bicyclic) bond motifs is 1. The van der Waals surface area contributed by atoms with Crippen LogP contribution < -0.4 is 10.6 Å². The van der Waals surface area contributed by atoms with Crippen molar-refractivity contribution in [2.24, 2.45) is 0 Å². The van der Waals surface area contributed by atoms with E-state index in [0.29, 0.717) is 28.2 Å². The zero-order valence-corrected chi connectivity index (χ0v) is 19.8. The number of imidazole rings is 1. The van der Waals surface area contributed by atoms with Crippen LogP contribution in [0.25, 0.3) is 22.7 Å². The van der Waals surface area contributed by atoms with E-state index in [1.54, 1.807) is 25.3 Å². The van der Waals surface area contributed by atoms with E-state index < -0.39 is 6.04 Å². The van der Waals surface area contributed by atoms with Gasteiger partial charge in [-0.1, -0.05) is 12.1 Å². The second-order valence-corrected chi connectivity index (χ2v) is 9.67. The Labute approximate surface area is 203 Å². The summed E-state index contributed by atoms with van der Waals surface area (Å²) < 4.78 is 5.50. The number of aromatic amines is 1. The molecule has 176 valence electrons. The number of H-pyrrole nitrogens is 1. The van der Waals surface area contributed by atoms with Crippen LogP contribution in [0, 0.1) is 0 Å². The van der Waals surface area contributed by atoms with E-state index in [0.717, 1.165) is 29.7 Å². The van der Waals surface area contributed by atoms with E-state index in [1.807, 2.05) is 17.5 Å². The Bertz CT molecular complexity index is 1520. The fourth-order valence-corrected chi connectivity index (χ4v) is 4.22. The molecule has 1 atom stereocenters. The molecule has 1 aliphatic rings. The maximum atomic E-state index is 12.8. The number of thiazole rings is 1. The van der Waals surface area contributed by atoms with Gasteiger partial charge in [0, 0.05) is 34.8 Å². The average Bonchev–Trinajstić information content (AvgIpc) is 3.30. The standard InChI is InChI=1S/C23H21N9O2S/c1-12(27-21(33)15-10-18(26-11-25-15)30-22-24-7-8-35-22)16-9-14(32-34-16)20-28-13-3-4-17(23(2)5-6-23)29-19(13)31-20/h3-4,7-12H,5-6H2,1-2H3,(H,27,33)(H,28,29,31)(H,24,25,26,30)/t12-/m1/s1. The first-order valence-electron chi connectivity index (χ1n) is 11.1. The first-order chi connectivity index (χ1) is 17.0. The highest BCUT2D eigenvalue weighted by Crippen LogP contribution is 2.46. The molecule has 0 aromatic carbocycles. The van der Waals surface area contributed by atoms with E-state index in [1.165, 1.54) is 17.7 Å². The van der Waals surface area contributed by atoms with Crippen LogP contribution in [0.15, 0.2) is 46.7 Å². The number of nitrogens with zero attached hydrogens (tertiary/aromatic N) is 6. The van der Waals surface area contributed by atoms with Crippen LogP contribution >= 0.6 is 11.3 Å². The van der Waals surface area contributed by atoms with Gasteiger partial charge < -0.3 is 20.1 Å². The van der Waals surface area contributed by atoms with Gasteiger partial charge in [0.2, 0.25) is 0 Å². The Morgan fingerprint density at radius 1 is 1.20 bits per heavy atom. The average molecular weight is 488 g/mol. The lowest BCUT2D eigenvalue weighted by molar-refractivity contribution is 0.0928. The molecule has 5 aromatic rings. The number of hydrogen-bond acceptors (Lipinski definition) is 10. The normalized spacial score (nSPS) is 15.1. The Kier molecular flexibility index (Phi) is 5.02. The van der Waals surface area contributed by atoms with Crippen LogP contribution in [0.4, 0.5) is 10.9 Å². The molecule has 3 N–H and O–H groups in total. The fourth-order valence-electron chi connectivity index (χ4n) is 3.69. The number of hydrogen-bond donors (Lipinski definition) is 3. The summed E-state index contributed by atoms with van der Waals surface area (Å²) >= 11 is 1.43. The van der Waals surface area contributed by atoms with Crippen molar-refractivity contribution in [1.29, 1.82) is 0 Å². The molecule has 35 heavy (non-hydrogen) atoms. The van der Waals surface area contributed by atoms with Crippen molar-refractivity contribution in [3.63, 3.8) is 0 Å². The molecule has 0 bridgehead atoms. The number of aromatic nitrogens is 7. The van der Waals surface area contributed by atoms with Crippen molar-refractivity contribution in [2.45, 2.75) is 38.1 Å². The highest BCUT2D eigenvalue weighted by molar-refractivity contribution is 7.13. The summed E-state index contributed by atoms with van der Waals surface area (Å²) in [5.41, 5.74) is 3.50. The van der Waals surface area contributed by atoms with Crippen molar-refractivity contribution in [1.82, 2.24) is 40.4 Å². The monoisotopic (exact) mass is 487 g/mol. The summed E-state index contributed by atoms with van der Waals surface area (Å²) in [6.07, 6.45) is 5.32. The van der Waals surface area contributed by atoms with Gasteiger partial charge in [-0.2, -0.15) is 0 Å². The largest absolute Gasteiger partial charge is 0.358 e. The number of nitrogens with one attached hydrogen (secondary N) is 3. The number of rotatable bonds is 7. The SMILES string of the molecule is C[C@@H](NC(=O)c1cc(Nc2nccs2)ncn1)c1cc(-c2nc3ccc(C4(C)CC4)nc3[nH]2)no1. The van der Waals surface area contributed by atoms with Gasteiger partial charge >= 0.3 is 0 Å². The van der Waals surface area contributed by atoms with Crippen LogP contribution in [0.3, 0.4) is 0 Å². The number of amides is 1. The summed E-state index contributed by atoms with van der Waals surface area (Å²) in [5, 5.41) is 12.6. The van der Waals surface area contributed by atoms with Gasteiger partial charge in [-0.15, -0.1) is 11.3 Å². The lowest BCUT2D eigenvalue weighted by Crippen LogP contribution is -2.27. The smallest absolute Gasteiger partial charge is 0.270 e. The summed E-state index contributed by atoms with van der Waals surface area (Å²) in [6.45, 7) is 4.03. The Balaban J connectivity index is 1.16. The molecule has 0 unspecified atom stereocenters. The minimum absolute atomic E-state index is 0.176. The number of anilines is 2. The third-order valence-corrected chi connectivity index (χ3v) is 6.76. The van der Waals surface area contributed by atoms with Crippen LogP contribution in [-0.4, -0.2) is 41.0 Å². The van der Waals surface area contributed by atoms with Gasteiger partial charge in [-0.3, -0.25) is 4.79 Å². The Morgan fingerprint density at radius 2 is 2.09 bits per heavy atom. The topological polar surface area (TPSA) is 147 Å². The van der Waals surface area contributed by atoms with Gasteiger partial charge in [0.1, 0.15) is 29.0 Å². The molecule has 6 rings (SSSR count). The molecule has 12 heteroatoms. The first-order valence-corrected chi connectivity index (χ1v) is 12.0. The third kappa shape index (κ3) is 4.23. The molecular weight excluding hydrogens is 466 g/mol. The van der Waals surface area contributed by atoms with Crippen molar-refractivity contribution >= 4 is 39.4 Å². The maximum Gasteiger partial charge on any atom is 0.270 e. The molecule has 11 nitrogen and oxygen atoms in total. The molecule has 1 fully saturated rings. The van der Waals surface area contributed by atoms with Crippen molar-refractivity contribution in [3.05, 3.63) is 59.3 Å². The van der Waals surface area contributed by atoms with Gasteiger partial charge in [0.05, 0.1) is 6.04 Å². The minimum Gasteiger partial charge on any atom is -0.358 e. The predicted octanol–water partition coefficient (Wildman–Crippen LogP) is 4.15. The number of carbonyl (C=O) groups excluding carboxylic acids is 1. The third-order valence-electron chi connectivity index (χ3n) is 6.07. The maximum absolute atomic E-state index is 12.8. The molecule has 0 aliphatic heterocycles. The van der Waals surface area contributed by atoms with Crippen molar-refractivity contribution in [3.8, 4) is 11.5 Å². The Morgan fingerprint density at radius 3 is 2.89 bits per heavy atom. The van der Waals surface area contributed by atoms with Gasteiger partial charge in [0.25, 0.3) is 5.91 Å². The molecule has 0 radical (unpaired) electrons. The fraction of sp³-hybridized carbons (Fsp3) is 0.261. The summed E-state index contributed by atoms with van der Waals surface area (Å²) in [6, 6.07) is 6.88. The molecule has 0 spiro atoms. The molecular formula is C23H21N9O2S. The number of carbonyl (C=O) groups is 1. The van der Waals surface area contributed by atoms with Crippen LogP contribution in [0.1, 0.15) is 54.7 Å². The van der Waals surface area contributed by atoms with Gasteiger partial charge in [-0.05, 0) is 31.9 Å². The van der Waals surface area contributed by atoms with E-state index in [4.69, 9.17) is 9.51 Å². The van der Waals surface area contributed by atoms with E-state index >= 15 is 0 Å². The molecule has 5 aromatic heterocycles. The highest BCUT2D eigenvalue weighted by Gasteiger charge is 2.40. The van der Waals surface area contributed by atoms with Crippen LogP contribution in [0.2, 0.25) is 0 Å². The summed E-state index contributed by atoms with van der Waals surface area (Å²) in [4.78, 5) is 37.7. The lowest BCUT2D eigenvalue weighted by Gasteiger charge is -2.10.